The minimum absolute atomic E-state index is 0.189. The SMILES string of the molecule is CCCC(CCC)N(CCOC(C)=O)c1cc(C)nc(Cl)c1NC(=O)Nc1ccc(OC)cc1. The molecule has 0 aliphatic rings. The third-order valence-corrected chi connectivity index (χ3v) is 5.57. The molecule has 0 unspecified atom stereocenters. The number of rotatable bonds is 12. The molecule has 0 fully saturated rings. The predicted molar refractivity (Wildman–Crippen MR) is 137 cm³/mol. The van der Waals surface area contributed by atoms with E-state index in [0.717, 1.165) is 37.1 Å². The summed E-state index contributed by atoms with van der Waals surface area (Å²) in [6, 6.07) is 8.67. The molecule has 0 aliphatic carbocycles. The highest BCUT2D eigenvalue weighted by Gasteiger charge is 2.24. The maximum atomic E-state index is 12.8. The van der Waals surface area contributed by atoms with E-state index in [-0.39, 0.29) is 23.8 Å². The lowest BCUT2D eigenvalue weighted by Gasteiger charge is -2.35. The van der Waals surface area contributed by atoms with Crippen LogP contribution in [-0.4, -0.2) is 43.3 Å². The van der Waals surface area contributed by atoms with E-state index in [9.17, 15) is 9.59 Å². The number of carbonyl (C=O) groups is 2. The highest BCUT2D eigenvalue weighted by molar-refractivity contribution is 6.33. The summed E-state index contributed by atoms with van der Waals surface area (Å²) in [6.07, 6.45) is 3.88. The summed E-state index contributed by atoms with van der Waals surface area (Å²) in [4.78, 5) is 30.7. The number of hydrogen-bond donors (Lipinski definition) is 2. The molecule has 0 saturated carbocycles. The minimum atomic E-state index is -0.443. The quantitative estimate of drug-likeness (QED) is 0.278. The zero-order valence-electron chi connectivity index (χ0n) is 20.6. The number of ether oxygens (including phenoxy) is 2. The van der Waals surface area contributed by atoms with E-state index >= 15 is 0 Å². The van der Waals surface area contributed by atoms with E-state index in [4.69, 9.17) is 21.1 Å². The van der Waals surface area contributed by atoms with Gasteiger partial charge in [-0.05, 0) is 50.1 Å². The van der Waals surface area contributed by atoms with Gasteiger partial charge < -0.3 is 25.0 Å². The highest BCUT2D eigenvalue weighted by Crippen LogP contribution is 2.35. The molecule has 34 heavy (non-hydrogen) atoms. The molecule has 2 N–H and O–H groups in total. The van der Waals surface area contributed by atoms with Crippen LogP contribution in [0.2, 0.25) is 5.15 Å². The lowest BCUT2D eigenvalue weighted by atomic mass is 10.0. The monoisotopic (exact) mass is 490 g/mol. The van der Waals surface area contributed by atoms with Crippen LogP contribution in [0.1, 0.15) is 52.1 Å². The van der Waals surface area contributed by atoms with Gasteiger partial charge in [0, 0.05) is 24.3 Å². The molecule has 2 amide bonds. The highest BCUT2D eigenvalue weighted by atomic mass is 35.5. The first-order chi connectivity index (χ1) is 16.3. The number of pyridine rings is 1. The molecule has 8 nitrogen and oxygen atoms in total. The molecule has 1 aromatic carbocycles. The van der Waals surface area contributed by atoms with E-state index in [2.05, 4.69) is 34.4 Å². The van der Waals surface area contributed by atoms with Gasteiger partial charge in [-0.1, -0.05) is 38.3 Å². The van der Waals surface area contributed by atoms with E-state index in [1.54, 1.807) is 31.4 Å². The summed E-state index contributed by atoms with van der Waals surface area (Å²) in [5.74, 6) is 0.365. The van der Waals surface area contributed by atoms with Gasteiger partial charge >= 0.3 is 12.0 Å². The van der Waals surface area contributed by atoms with Crippen molar-refractivity contribution in [2.24, 2.45) is 0 Å². The van der Waals surface area contributed by atoms with Gasteiger partial charge in [0.15, 0.2) is 5.15 Å². The van der Waals surface area contributed by atoms with Crippen LogP contribution in [0.15, 0.2) is 30.3 Å². The second kappa shape index (κ2) is 13.6. The van der Waals surface area contributed by atoms with Crippen LogP contribution < -0.4 is 20.3 Å². The molecule has 2 rings (SSSR count). The molecule has 0 saturated heterocycles. The van der Waals surface area contributed by atoms with Crippen LogP contribution in [0.4, 0.5) is 21.9 Å². The van der Waals surface area contributed by atoms with Gasteiger partial charge in [-0.25, -0.2) is 9.78 Å². The Morgan fingerprint density at radius 2 is 1.76 bits per heavy atom. The molecular weight excluding hydrogens is 456 g/mol. The number of carbonyl (C=O) groups excluding carboxylic acids is 2. The smallest absolute Gasteiger partial charge is 0.323 e. The van der Waals surface area contributed by atoms with Gasteiger partial charge in [0.25, 0.3) is 0 Å². The van der Waals surface area contributed by atoms with Gasteiger partial charge in [0.1, 0.15) is 18.0 Å². The van der Waals surface area contributed by atoms with Gasteiger partial charge in [0.05, 0.1) is 19.3 Å². The van der Waals surface area contributed by atoms with Crippen molar-refractivity contribution >= 4 is 40.7 Å². The van der Waals surface area contributed by atoms with Crippen LogP contribution in [0.25, 0.3) is 0 Å². The number of amides is 2. The summed E-state index contributed by atoms with van der Waals surface area (Å²) in [5.41, 5.74) is 2.50. The first-order valence-electron chi connectivity index (χ1n) is 11.6. The molecule has 9 heteroatoms. The van der Waals surface area contributed by atoms with Crippen LogP contribution in [0, 0.1) is 6.92 Å². The fourth-order valence-electron chi connectivity index (χ4n) is 3.82. The number of methoxy groups -OCH3 is 1. The van der Waals surface area contributed by atoms with Crippen molar-refractivity contribution in [3.63, 3.8) is 0 Å². The molecule has 1 heterocycles. The lowest BCUT2D eigenvalue weighted by molar-refractivity contribution is -0.140. The number of anilines is 3. The minimum Gasteiger partial charge on any atom is -0.497 e. The standard InChI is InChI=1S/C25H35ClN4O4/c1-6-8-20(9-7-2)30(14-15-34-18(4)31)22-16-17(3)27-24(26)23(22)29-25(32)28-19-10-12-21(33-5)13-11-19/h10-13,16,20H,6-9,14-15H2,1-5H3,(H2,28,29,32). The Morgan fingerprint density at radius 1 is 1.12 bits per heavy atom. The zero-order valence-corrected chi connectivity index (χ0v) is 21.4. The Hall–Kier alpha value is -3.00. The zero-order chi connectivity index (χ0) is 25.1. The molecular formula is C25H35ClN4O4. The third kappa shape index (κ3) is 8.09. The number of urea groups is 1. The number of benzene rings is 1. The molecule has 1 aromatic heterocycles. The summed E-state index contributed by atoms with van der Waals surface area (Å²) in [5, 5.41) is 5.88. The number of nitrogens with one attached hydrogen (secondary N) is 2. The number of aromatic nitrogens is 1. The van der Waals surface area contributed by atoms with Crippen molar-refractivity contribution < 1.29 is 19.1 Å². The van der Waals surface area contributed by atoms with Gasteiger partial charge in [-0.2, -0.15) is 0 Å². The Morgan fingerprint density at radius 3 is 2.32 bits per heavy atom. The predicted octanol–water partition coefficient (Wildman–Crippen LogP) is 6.03. The Labute approximate surface area is 207 Å². The molecule has 0 spiro atoms. The maximum absolute atomic E-state index is 12.8. The molecule has 0 bridgehead atoms. The van der Waals surface area contributed by atoms with Crippen LogP contribution in [0.5, 0.6) is 5.75 Å². The normalized spacial score (nSPS) is 10.7. The first kappa shape index (κ1) is 27.2. The average molecular weight is 491 g/mol. The molecule has 0 atom stereocenters. The lowest BCUT2D eigenvalue weighted by Crippen LogP contribution is -2.39. The number of nitrogens with zero attached hydrogens (tertiary/aromatic N) is 2. The largest absolute Gasteiger partial charge is 0.497 e. The fraction of sp³-hybridized carbons (Fsp3) is 0.480. The summed E-state index contributed by atoms with van der Waals surface area (Å²) in [6.45, 7) is 8.23. The van der Waals surface area contributed by atoms with E-state index in [1.165, 1.54) is 6.92 Å². The second-order valence-corrected chi connectivity index (χ2v) is 8.38. The first-order valence-corrected chi connectivity index (χ1v) is 12.0. The second-order valence-electron chi connectivity index (χ2n) is 8.02. The average Bonchev–Trinajstić information content (AvgIpc) is 2.79. The van der Waals surface area contributed by atoms with Gasteiger partial charge in [0.2, 0.25) is 0 Å². The van der Waals surface area contributed by atoms with Crippen LogP contribution in [-0.2, 0) is 9.53 Å². The van der Waals surface area contributed by atoms with Crippen molar-refractivity contribution in [2.75, 3.05) is 35.8 Å². The molecule has 0 aliphatic heterocycles. The fourth-order valence-corrected chi connectivity index (χ4v) is 4.10. The topological polar surface area (TPSA) is 92.8 Å². The van der Waals surface area contributed by atoms with E-state index in [1.807, 2.05) is 13.0 Å². The number of aryl methyl sites for hydroxylation is 1. The third-order valence-electron chi connectivity index (χ3n) is 5.30. The van der Waals surface area contributed by atoms with Gasteiger partial charge in [-0.15, -0.1) is 0 Å². The van der Waals surface area contributed by atoms with Crippen molar-refractivity contribution in [3.8, 4) is 5.75 Å². The maximum Gasteiger partial charge on any atom is 0.323 e. The molecule has 2 aromatic rings. The van der Waals surface area contributed by atoms with Gasteiger partial charge in [-0.3, -0.25) is 4.79 Å². The molecule has 186 valence electrons. The Bertz CT molecular complexity index is 947. The Kier molecular flexibility index (Phi) is 10.9. The van der Waals surface area contributed by atoms with Crippen LogP contribution >= 0.6 is 11.6 Å². The van der Waals surface area contributed by atoms with Crippen molar-refractivity contribution in [3.05, 3.63) is 41.2 Å². The van der Waals surface area contributed by atoms with Crippen molar-refractivity contribution in [2.45, 2.75) is 59.4 Å². The number of halogens is 1. The number of esters is 1. The van der Waals surface area contributed by atoms with E-state index < -0.39 is 6.03 Å². The summed E-state index contributed by atoms with van der Waals surface area (Å²) < 4.78 is 10.4. The van der Waals surface area contributed by atoms with E-state index in [0.29, 0.717) is 23.7 Å². The van der Waals surface area contributed by atoms with Crippen molar-refractivity contribution in [1.82, 2.24) is 4.98 Å². The number of hydrogen-bond acceptors (Lipinski definition) is 6. The summed E-state index contributed by atoms with van der Waals surface area (Å²) >= 11 is 6.53. The van der Waals surface area contributed by atoms with Crippen molar-refractivity contribution in [1.29, 1.82) is 0 Å². The molecule has 0 radical (unpaired) electrons. The van der Waals surface area contributed by atoms with Crippen LogP contribution in [0.3, 0.4) is 0 Å². The Balaban J connectivity index is 2.37. The summed E-state index contributed by atoms with van der Waals surface area (Å²) in [7, 11) is 1.58.